The molecule has 1 aliphatic rings. The molecule has 4 nitrogen and oxygen atoms in total. The van der Waals surface area contributed by atoms with Crippen molar-refractivity contribution < 1.29 is 0 Å². The standard InChI is InChI=1S/C12H22N4S/c13-8-5-9-16(12-15-14-10-17-12)11-6-3-1-2-4-7-11/h10-11H,1-9,13H2. The lowest BCUT2D eigenvalue weighted by Gasteiger charge is -2.30. The summed E-state index contributed by atoms with van der Waals surface area (Å²) in [6, 6.07) is 0.650. The van der Waals surface area contributed by atoms with Gasteiger partial charge < -0.3 is 10.6 Å². The maximum atomic E-state index is 5.63. The van der Waals surface area contributed by atoms with Gasteiger partial charge >= 0.3 is 0 Å². The lowest BCUT2D eigenvalue weighted by molar-refractivity contribution is 0.517. The minimum Gasteiger partial charge on any atom is -0.344 e. The highest BCUT2D eigenvalue weighted by molar-refractivity contribution is 7.13. The summed E-state index contributed by atoms with van der Waals surface area (Å²) < 4.78 is 0. The molecule has 0 saturated heterocycles. The number of anilines is 1. The van der Waals surface area contributed by atoms with Crippen LogP contribution in [-0.2, 0) is 0 Å². The van der Waals surface area contributed by atoms with Crippen molar-refractivity contribution in [2.24, 2.45) is 5.73 Å². The molecule has 1 fully saturated rings. The number of nitrogens with zero attached hydrogens (tertiary/aromatic N) is 3. The van der Waals surface area contributed by atoms with E-state index >= 15 is 0 Å². The Morgan fingerprint density at radius 3 is 2.65 bits per heavy atom. The van der Waals surface area contributed by atoms with Gasteiger partial charge in [-0.25, -0.2) is 0 Å². The first-order chi connectivity index (χ1) is 8.42. The quantitative estimate of drug-likeness (QED) is 0.820. The summed E-state index contributed by atoms with van der Waals surface area (Å²) in [5, 5.41) is 9.27. The fourth-order valence-electron chi connectivity index (χ4n) is 2.56. The summed E-state index contributed by atoms with van der Waals surface area (Å²) in [7, 11) is 0. The van der Waals surface area contributed by atoms with Crippen molar-refractivity contribution in [2.75, 3.05) is 18.0 Å². The van der Waals surface area contributed by atoms with Crippen LogP contribution in [0.2, 0.25) is 0 Å². The zero-order valence-corrected chi connectivity index (χ0v) is 11.2. The van der Waals surface area contributed by atoms with E-state index < -0.39 is 0 Å². The second-order valence-corrected chi connectivity index (χ2v) is 5.51. The summed E-state index contributed by atoms with van der Waals surface area (Å²) in [6.45, 7) is 1.78. The smallest absolute Gasteiger partial charge is 0.208 e. The second-order valence-electron chi connectivity index (χ2n) is 4.70. The van der Waals surface area contributed by atoms with Gasteiger partial charge in [0, 0.05) is 12.6 Å². The number of hydrogen-bond acceptors (Lipinski definition) is 5. The first kappa shape index (κ1) is 12.8. The molecule has 1 aliphatic carbocycles. The Kier molecular flexibility index (Phi) is 5.19. The molecule has 2 rings (SSSR count). The SMILES string of the molecule is NCCCN(c1nncs1)C1CCCCCC1. The maximum absolute atomic E-state index is 5.63. The van der Waals surface area contributed by atoms with Crippen LogP contribution in [0.25, 0.3) is 0 Å². The molecule has 0 aliphatic heterocycles. The van der Waals surface area contributed by atoms with E-state index in [4.69, 9.17) is 5.73 Å². The van der Waals surface area contributed by atoms with Gasteiger partial charge in [0.05, 0.1) is 0 Å². The molecule has 0 atom stereocenters. The Labute approximate surface area is 107 Å². The van der Waals surface area contributed by atoms with E-state index in [1.54, 1.807) is 11.3 Å². The molecule has 17 heavy (non-hydrogen) atoms. The van der Waals surface area contributed by atoms with Crippen molar-refractivity contribution in [1.29, 1.82) is 0 Å². The Balaban J connectivity index is 2.02. The number of aromatic nitrogens is 2. The highest BCUT2D eigenvalue weighted by atomic mass is 32.1. The lowest BCUT2D eigenvalue weighted by atomic mass is 10.1. The van der Waals surface area contributed by atoms with Crippen molar-refractivity contribution in [3.63, 3.8) is 0 Å². The monoisotopic (exact) mass is 254 g/mol. The van der Waals surface area contributed by atoms with Gasteiger partial charge in [0.2, 0.25) is 5.13 Å². The number of nitrogens with two attached hydrogens (primary N) is 1. The molecule has 1 saturated carbocycles. The van der Waals surface area contributed by atoms with Gasteiger partial charge in [-0.1, -0.05) is 37.0 Å². The van der Waals surface area contributed by atoms with Gasteiger partial charge in [0.1, 0.15) is 5.51 Å². The van der Waals surface area contributed by atoms with E-state index in [0.29, 0.717) is 6.04 Å². The first-order valence-corrected chi connectivity index (χ1v) is 7.52. The fraction of sp³-hybridized carbons (Fsp3) is 0.833. The van der Waals surface area contributed by atoms with Gasteiger partial charge in [0.15, 0.2) is 0 Å². The van der Waals surface area contributed by atoms with Crippen LogP contribution < -0.4 is 10.6 Å². The number of hydrogen-bond donors (Lipinski definition) is 1. The second kappa shape index (κ2) is 6.91. The topological polar surface area (TPSA) is 55.0 Å². The molecule has 96 valence electrons. The van der Waals surface area contributed by atoms with E-state index in [0.717, 1.165) is 24.6 Å². The summed E-state index contributed by atoms with van der Waals surface area (Å²) in [5.41, 5.74) is 7.45. The molecule has 0 unspecified atom stereocenters. The van der Waals surface area contributed by atoms with E-state index in [1.165, 1.54) is 38.5 Å². The average molecular weight is 254 g/mol. The molecule has 1 aromatic heterocycles. The largest absolute Gasteiger partial charge is 0.344 e. The molecule has 0 bridgehead atoms. The third-order valence-corrected chi connectivity index (χ3v) is 4.19. The zero-order chi connectivity index (χ0) is 11.9. The first-order valence-electron chi connectivity index (χ1n) is 6.64. The highest BCUT2D eigenvalue weighted by Gasteiger charge is 2.21. The molecule has 5 heteroatoms. The van der Waals surface area contributed by atoms with E-state index in [9.17, 15) is 0 Å². The van der Waals surface area contributed by atoms with Crippen LogP contribution in [0.1, 0.15) is 44.9 Å². The van der Waals surface area contributed by atoms with Crippen LogP contribution >= 0.6 is 11.3 Å². The van der Waals surface area contributed by atoms with Gasteiger partial charge in [-0.15, -0.1) is 10.2 Å². The van der Waals surface area contributed by atoms with Gasteiger partial charge in [-0.05, 0) is 25.8 Å². The normalized spacial score (nSPS) is 17.9. The predicted octanol–water partition coefficient (Wildman–Crippen LogP) is 2.42. The molecule has 0 amide bonds. The van der Waals surface area contributed by atoms with Crippen LogP contribution in [0.4, 0.5) is 5.13 Å². The minimum atomic E-state index is 0.650. The van der Waals surface area contributed by atoms with Crippen LogP contribution in [0.5, 0.6) is 0 Å². The lowest BCUT2D eigenvalue weighted by Crippen LogP contribution is -2.36. The van der Waals surface area contributed by atoms with Crippen molar-refractivity contribution in [1.82, 2.24) is 10.2 Å². The Hall–Kier alpha value is -0.680. The van der Waals surface area contributed by atoms with Gasteiger partial charge in [-0.2, -0.15) is 0 Å². The van der Waals surface area contributed by atoms with Crippen LogP contribution in [0.15, 0.2) is 5.51 Å². The Morgan fingerprint density at radius 1 is 1.29 bits per heavy atom. The van der Waals surface area contributed by atoms with Gasteiger partial charge in [-0.3, -0.25) is 0 Å². The maximum Gasteiger partial charge on any atom is 0.208 e. The highest BCUT2D eigenvalue weighted by Crippen LogP contribution is 2.27. The van der Waals surface area contributed by atoms with Crippen molar-refractivity contribution in [2.45, 2.75) is 51.0 Å². The fourth-order valence-corrected chi connectivity index (χ4v) is 3.22. The summed E-state index contributed by atoms with van der Waals surface area (Å²) in [6.07, 6.45) is 9.10. The summed E-state index contributed by atoms with van der Waals surface area (Å²) in [5.74, 6) is 0. The molecule has 0 spiro atoms. The van der Waals surface area contributed by atoms with Crippen LogP contribution in [0.3, 0.4) is 0 Å². The molecule has 1 heterocycles. The predicted molar refractivity (Wildman–Crippen MR) is 72.4 cm³/mol. The molecule has 2 N–H and O–H groups in total. The molecule has 0 aromatic carbocycles. The van der Waals surface area contributed by atoms with E-state index in [1.807, 2.05) is 5.51 Å². The van der Waals surface area contributed by atoms with E-state index in [2.05, 4.69) is 15.1 Å². The van der Waals surface area contributed by atoms with Crippen LogP contribution in [0, 0.1) is 0 Å². The molecule has 0 radical (unpaired) electrons. The molecular formula is C12H22N4S. The zero-order valence-electron chi connectivity index (χ0n) is 10.3. The summed E-state index contributed by atoms with van der Waals surface area (Å²) in [4.78, 5) is 2.44. The van der Waals surface area contributed by atoms with Crippen molar-refractivity contribution >= 4 is 16.5 Å². The number of rotatable bonds is 5. The van der Waals surface area contributed by atoms with E-state index in [-0.39, 0.29) is 0 Å². The van der Waals surface area contributed by atoms with Crippen LogP contribution in [-0.4, -0.2) is 29.3 Å². The molecule has 1 aromatic rings. The van der Waals surface area contributed by atoms with Crippen molar-refractivity contribution in [3.05, 3.63) is 5.51 Å². The third kappa shape index (κ3) is 3.64. The molecular weight excluding hydrogens is 232 g/mol. The Bertz CT molecular complexity index is 293. The summed E-state index contributed by atoms with van der Waals surface area (Å²) >= 11 is 1.64. The third-order valence-electron chi connectivity index (χ3n) is 3.46. The Morgan fingerprint density at radius 2 is 2.06 bits per heavy atom. The van der Waals surface area contributed by atoms with Gasteiger partial charge in [0.25, 0.3) is 0 Å². The average Bonchev–Trinajstić information content (AvgIpc) is 2.73. The van der Waals surface area contributed by atoms with Crippen molar-refractivity contribution in [3.8, 4) is 0 Å². The minimum absolute atomic E-state index is 0.650.